The molecule has 1 nitrogen and oxygen atoms in total. The van der Waals surface area contributed by atoms with Gasteiger partial charge in [0.05, 0.1) is 4.47 Å². The highest BCUT2D eigenvalue weighted by molar-refractivity contribution is 9.10. The quantitative estimate of drug-likeness (QED) is 0.895. The van der Waals surface area contributed by atoms with E-state index in [1.807, 2.05) is 6.92 Å². The summed E-state index contributed by atoms with van der Waals surface area (Å²) in [6.07, 6.45) is 0.374. The monoisotopic (exact) mass is 325 g/mol. The zero-order chi connectivity index (χ0) is 14.0. The fourth-order valence-electron chi connectivity index (χ4n) is 2.00. The predicted octanol–water partition coefficient (Wildman–Crippen LogP) is 4.28. The SMILES string of the molecule is Cc1ccc(F)c(C(N)Cc2cccc(F)c2Br)c1. The molecule has 2 aromatic rings. The summed E-state index contributed by atoms with van der Waals surface area (Å²) in [5, 5.41) is 0. The van der Waals surface area contributed by atoms with E-state index < -0.39 is 6.04 Å². The lowest BCUT2D eigenvalue weighted by atomic mass is 9.98. The van der Waals surface area contributed by atoms with Crippen LogP contribution >= 0.6 is 15.9 Å². The molecule has 0 spiro atoms. The van der Waals surface area contributed by atoms with Crippen molar-refractivity contribution in [1.29, 1.82) is 0 Å². The molecule has 1 atom stereocenters. The minimum atomic E-state index is -0.502. The van der Waals surface area contributed by atoms with E-state index in [-0.39, 0.29) is 11.6 Å². The molecule has 0 saturated heterocycles. The molecule has 1 unspecified atom stereocenters. The number of aryl methyl sites for hydroxylation is 1. The molecular formula is C15H14BrF2N. The Morgan fingerprint density at radius 1 is 1.16 bits per heavy atom. The number of hydrogen-bond donors (Lipinski definition) is 1. The van der Waals surface area contributed by atoms with Gasteiger partial charge in [-0.05, 0) is 47.0 Å². The molecule has 100 valence electrons. The molecule has 0 amide bonds. The third-order valence-electron chi connectivity index (χ3n) is 3.02. The molecule has 4 heteroatoms. The Balaban J connectivity index is 2.28. The minimum Gasteiger partial charge on any atom is -0.324 e. The minimum absolute atomic E-state index is 0.328. The van der Waals surface area contributed by atoms with E-state index in [9.17, 15) is 8.78 Å². The molecule has 0 radical (unpaired) electrons. The van der Waals surface area contributed by atoms with Gasteiger partial charge in [0, 0.05) is 11.6 Å². The average molecular weight is 326 g/mol. The van der Waals surface area contributed by atoms with Gasteiger partial charge in [0.15, 0.2) is 0 Å². The van der Waals surface area contributed by atoms with Crippen LogP contribution in [0.1, 0.15) is 22.7 Å². The van der Waals surface area contributed by atoms with Crippen LogP contribution in [0, 0.1) is 18.6 Å². The third kappa shape index (κ3) is 3.19. The van der Waals surface area contributed by atoms with Crippen LogP contribution in [-0.4, -0.2) is 0 Å². The summed E-state index contributed by atoms with van der Waals surface area (Å²) in [6.45, 7) is 1.88. The Bertz CT molecular complexity index is 599. The smallest absolute Gasteiger partial charge is 0.137 e. The van der Waals surface area contributed by atoms with Crippen molar-refractivity contribution in [2.75, 3.05) is 0 Å². The van der Waals surface area contributed by atoms with Crippen molar-refractivity contribution in [2.45, 2.75) is 19.4 Å². The second-order valence-corrected chi connectivity index (χ2v) is 5.34. The summed E-state index contributed by atoms with van der Waals surface area (Å²) in [4.78, 5) is 0. The second-order valence-electron chi connectivity index (χ2n) is 4.55. The first-order chi connectivity index (χ1) is 8.99. The van der Waals surface area contributed by atoms with E-state index in [0.717, 1.165) is 11.1 Å². The zero-order valence-electron chi connectivity index (χ0n) is 10.5. The highest BCUT2D eigenvalue weighted by Crippen LogP contribution is 2.26. The fourth-order valence-corrected chi connectivity index (χ4v) is 2.43. The molecule has 0 bridgehead atoms. The van der Waals surface area contributed by atoms with Gasteiger partial charge in [-0.3, -0.25) is 0 Å². The summed E-state index contributed by atoms with van der Waals surface area (Å²) in [6, 6.07) is 9.10. The summed E-state index contributed by atoms with van der Waals surface area (Å²) >= 11 is 3.19. The number of nitrogens with two attached hydrogens (primary N) is 1. The third-order valence-corrected chi connectivity index (χ3v) is 3.91. The Kier molecular flexibility index (Phi) is 4.32. The standard InChI is InChI=1S/C15H14BrF2N/c1-9-5-6-12(17)11(7-9)14(19)8-10-3-2-4-13(18)15(10)16/h2-7,14H,8,19H2,1H3. The van der Waals surface area contributed by atoms with Crippen molar-refractivity contribution in [3.8, 4) is 0 Å². The Hall–Kier alpha value is -1.26. The van der Waals surface area contributed by atoms with Gasteiger partial charge in [-0.15, -0.1) is 0 Å². The maximum Gasteiger partial charge on any atom is 0.137 e. The van der Waals surface area contributed by atoms with Crippen LogP contribution in [-0.2, 0) is 6.42 Å². The van der Waals surface area contributed by atoms with Crippen LogP contribution in [0.5, 0.6) is 0 Å². The molecule has 0 aliphatic rings. The molecule has 0 fully saturated rings. The molecule has 2 N–H and O–H groups in total. The lowest BCUT2D eigenvalue weighted by Crippen LogP contribution is -2.15. The summed E-state index contributed by atoms with van der Waals surface area (Å²) < 4.78 is 27.5. The van der Waals surface area contributed by atoms with Gasteiger partial charge >= 0.3 is 0 Å². The fraction of sp³-hybridized carbons (Fsp3) is 0.200. The van der Waals surface area contributed by atoms with Crippen molar-refractivity contribution in [2.24, 2.45) is 5.73 Å². The molecule has 2 rings (SSSR count). The molecule has 0 saturated carbocycles. The van der Waals surface area contributed by atoms with E-state index in [1.165, 1.54) is 12.1 Å². The van der Waals surface area contributed by atoms with Gasteiger partial charge in [-0.25, -0.2) is 8.78 Å². The van der Waals surface area contributed by atoms with Gasteiger partial charge in [0.2, 0.25) is 0 Å². The first-order valence-corrected chi connectivity index (χ1v) is 6.73. The Morgan fingerprint density at radius 3 is 2.63 bits per heavy atom. The molecule has 0 aromatic heterocycles. The predicted molar refractivity (Wildman–Crippen MR) is 75.9 cm³/mol. The first-order valence-electron chi connectivity index (χ1n) is 5.93. The Labute approximate surface area is 119 Å². The molecule has 0 aliphatic heterocycles. The maximum atomic E-state index is 13.7. The van der Waals surface area contributed by atoms with Crippen molar-refractivity contribution in [3.05, 3.63) is 69.2 Å². The van der Waals surface area contributed by atoms with Crippen LogP contribution in [0.15, 0.2) is 40.9 Å². The Morgan fingerprint density at radius 2 is 1.89 bits per heavy atom. The van der Waals surface area contributed by atoms with Gasteiger partial charge in [0.1, 0.15) is 11.6 Å². The van der Waals surface area contributed by atoms with Crippen molar-refractivity contribution in [3.63, 3.8) is 0 Å². The van der Waals surface area contributed by atoms with E-state index in [0.29, 0.717) is 16.5 Å². The van der Waals surface area contributed by atoms with Gasteiger partial charge < -0.3 is 5.73 Å². The molecule has 19 heavy (non-hydrogen) atoms. The number of rotatable bonds is 3. The van der Waals surface area contributed by atoms with E-state index >= 15 is 0 Å². The summed E-state index contributed by atoms with van der Waals surface area (Å²) in [5.41, 5.74) is 8.17. The number of benzene rings is 2. The van der Waals surface area contributed by atoms with E-state index in [1.54, 1.807) is 24.3 Å². The first kappa shape index (κ1) is 14.2. The zero-order valence-corrected chi connectivity index (χ0v) is 12.0. The topological polar surface area (TPSA) is 26.0 Å². The van der Waals surface area contributed by atoms with Crippen molar-refractivity contribution in [1.82, 2.24) is 0 Å². The van der Waals surface area contributed by atoms with Crippen molar-refractivity contribution >= 4 is 15.9 Å². The van der Waals surface area contributed by atoms with Crippen LogP contribution in [0.4, 0.5) is 8.78 Å². The van der Waals surface area contributed by atoms with Crippen LogP contribution in [0.25, 0.3) is 0 Å². The lowest BCUT2D eigenvalue weighted by Gasteiger charge is -2.15. The van der Waals surface area contributed by atoms with Crippen LogP contribution in [0.2, 0.25) is 0 Å². The summed E-state index contributed by atoms with van der Waals surface area (Å²) in [7, 11) is 0. The van der Waals surface area contributed by atoms with Gasteiger partial charge in [-0.1, -0.05) is 29.8 Å². The molecule has 0 aliphatic carbocycles. The summed E-state index contributed by atoms with van der Waals surface area (Å²) in [5.74, 6) is -0.667. The van der Waals surface area contributed by atoms with Crippen LogP contribution < -0.4 is 5.73 Å². The molecular weight excluding hydrogens is 312 g/mol. The largest absolute Gasteiger partial charge is 0.324 e. The molecule has 0 heterocycles. The normalized spacial score (nSPS) is 12.5. The second kappa shape index (κ2) is 5.80. The lowest BCUT2D eigenvalue weighted by molar-refractivity contribution is 0.576. The highest BCUT2D eigenvalue weighted by Gasteiger charge is 2.15. The number of halogens is 3. The molecule has 2 aromatic carbocycles. The van der Waals surface area contributed by atoms with Crippen molar-refractivity contribution < 1.29 is 8.78 Å². The van der Waals surface area contributed by atoms with Crippen LogP contribution in [0.3, 0.4) is 0 Å². The van der Waals surface area contributed by atoms with E-state index in [2.05, 4.69) is 15.9 Å². The maximum absolute atomic E-state index is 13.7. The highest BCUT2D eigenvalue weighted by atomic mass is 79.9. The average Bonchev–Trinajstić information content (AvgIpc) is 2.38. The van der Waals surface area contributed by atoms with Gasteiger partial charge in [0.25, 0.3) is 0 Å². The number of hydrogen-bond acceptors (Lipinski definition) is 1. The van der Waals surface area contributed by atoms with E-state index in [4.69, 9.17) is 5.73 Å². The van der Waals surface area contributed by atoms with Gasteiger partial charge in [-0.2, -0.15) is 0 Å².